The van der Waals surface area contributed by atoms with Crippen LogP contribution in [0.5, 0.6) is 11.5 Å². The molecule has 0 aliphatic heterocycles. The van der Waals surface area contributed by atoms with Crippen LogP contribution in [0.4, 0.5) is 0 Å². The molecule has 4 heteroatoms. The number of pyridine rings is 1. The van der Waals surface area contributed by atoms with Gasteiger partial charge < -0.3 is 13.9 Å². The molecular weight excluding hydrogens is 242 g/mol. The van der Waals surface area contributed by atoms with Gasteiger partial charge in [-0.05, 0) is 24.3 Å². The minimum absolute atomic E-state index is 0.687. The van der Waals surface area contributed by atoms with Crippen molar-refractivity contribution in [2.75, 3.05) is 14.2 Å². The van der Waals surface area contributed by atoms with Gasteiger partial charge in [-0.3, -0.25) is 4.98 Å². The van der Waals surface area contributed by atoms with Crippen LogP contribution >= 0.6 is 0 Å². The third-order valence-electron chi connectivity index (χ3n) is 3.05. The molecule has 0 saturated carbocycles. The van der Waals surface area contributed by atoms with Gasteiger partial charge in [0.1, 0.15) is 5.76 Å². The zero-order valence-corrected chi connectivity index (χ0v) is 10.7. The average molecular weight is 255 g/mol. The first-order chi connectivity index (χ1) is 9.33. The van der Waals surface area contributed by atoms with E-state index in [1.165, 1.54) is 0 Å². The van der Waals surface area contributed by atoms with Gasteiger partial charge in [-0.25, -0.2) is 0 Å². The monoisotopic (exact) mass is 255 g/mol. The van der Waals surface area contributed by atoms with Crippen LogP contribution in [0.25, 0.3) is 22.1 Å². The van der Waals surface area contributed by atoms with Crippen molar-refractivity contribution in [2.45, 2.75) is 0 Å². The molecule has 0 saturated heterocycles. The van der Waals surface area contributed by atoms with E-state index in [1.54, 1.807) is 32.9 Å². The van der Waals surface area contributed by atoms with Gasteiger partial charge in [-0.15, -0.1) is 0 Å². The van der Waals surface area contributed by atoms with Crippen LogP contribution < -0.4 is 9.47 Å². The third kappa shape index (κ3) is 1.91. The number of ether oxygens (including phenoxy) is 2. The van der Waals surface area contributed by atoms with E-state index in [0.717, 1.165) is 22.1 Å². The lowest BCUT2D eigenvalue weighted by Gasteiger charge is -2.07. The van der Waals surface area contributed by atoms with Crippen molar-refractivity contribution in [1.82, 2.24) is 4.98 Å². The Bertz CT molecular complexity index is 704. The number of aromatic nitrogens is 1. The summed E-state index contributed by atoms with van der Waals surface area (Å²) in [6, 6.07) is 7.65. The predicted molar refractivity (Wildman–Crippen MR) is 72.5 cm³/mol. The normalized spacial score (nSPS) is 10.6. The van der Waals surface area contributed by atoms with E-state index in [4.69, 9.17) is 13.9 Å². The molecule has 3 aromatic rings. The molecular formula is C15H13NO3. The van der Waals surface area contributed by atoms with E-state index >= 15 is 0 Å². The second-order valence-corrected chi connectivity index (χ2v) is 4.10. The molecule has 0 spiro atoms. The van der Waals surface area contributed by atoms with E-state index in [-0.39, 0.29) is 0 Å². The molecule has 19 heavy (non-hydrogen) atoms. The van der Waals surface area contributed by atoms with Crippen LogP contribution in [0.15, 0.2) is 47.3 Å². The Labute approximate surface area is 110 Å². The lowest BCUT2D eigenvalue weighted by Crippen LogP contribution is -1.89. The first-order valence-electron chi connectivity index (χ1n) is 5.87. The highest BCUT2D eigenvalue weighted by molar-refractivity contribution is 5.96. The number of benzene rings is 1. The second kappa shape index (κ2) is 4.65. The molecule has 0 aliphatic rings. The Morgan fingerprint density at radius 3 is 2.37 bits per heavy atom. The van der Waals surface area contributed by atoms with E-state index in [2.05, 4.69) is 4.98 Å². The van der Waals surface area contributed by atoms with Crippen molar-refractivity contribution in [1.29, 1.82) is 0 Å². The van der Waals surface area contributed by atoms with Crippen molar-refractivity contribution in [3.8, 4) is 22.8 Å². The zero-order chi connectivity index (χ0) is 13.2. The summed E-state index contributed by atoms with van der Waals surface area (Å²) >= 11 is 0. The van der Waals surface area contributed by atoms with Crippen LogP contribution in [-0.4, -0.2) is 19.2 Å². The topological polar surface area (TPSA) is 44.5 Å². The molecule has 0 radical (unpaired) electrons. The van der Waals surface area contributed by atoms with E-state index < -0.39 is 0 Å². The molecule has 1 aromatic carbocycles. The van der Waals surface area contributed by atoms with Crippen molar-refractivity contribution in [2.24, 2.45) is 0 Å². The van der Waals surface area contributed by atoms with E-state index in [9.17, 15) is 0 Å². The molecule has 2 heterocycles. The molecule has 3 rings (SSSR count). The number of methoxy groups -OCH3 is 2. The first-order valence-corrected chi connectivity index (χ1v) is 5.87. The molecule has 96 valence electrons. The van der Waals surface area contributed by atoms with Crippen molar-refractivity contribution in [3.05, 3.63) is 42.9 Å². The summed E-state index contributed by atoms with van der Waals surface area (Å²) < 4.78 is 16.3. The van der Waals surface area contributed by atoms with Crippen LogP contribution in [0, 0.1) is 0 Å². The molecule has 0 aliphatic carbocycles. The van der Waals surface area contributed by atoms with Gasteiger partial charge in [0.15, 0.2) is 11.5 Å². The molecule has 0 unspecified atom stereocenters. The second-order valence-electron chi connectivity index (χ2n) is 4.10. The Morgan fingerprint density at radius 1 is 1.00 bits per heavy atom. The largest absolute Gasteiger partial charge is 0.493 e. The highest BCUT2D eigenvalue weighted by Crippen LogP contribution is 2.38. The van der Waals surface area contributed by atoms with Gasteiger partial charge in [0.05, 0.1) is 20.5 Å². The molecule has 0 atom stereocenters. The summed E-state index contributed by atoms with van der Waals surface area (Å²) in [4.78, 5) is 4.01. The molecule has 0 fully saturated rings. The standard InChI is InChI=1S/C15H13NO3/c1-17-13-7-11-9-19-15(10-3-5-16-6-4-10)12(11)8-14(13)18-2/h3-9H,1-2H3. The van der Waals surface area contributed by atoms with Crippen molar-refractivity contribution in [3.63, 3.8) is 0 Å². The van der Waals surface area contributed by atoms with Gasteiger partial charge >= 0.3 is 0 Å². The molecule has 4 nitrogen and oxygen atoms in total. The summed E-state index contributed by atoms with van der Waals surface area (Å²) in [5, 5.41) is 1.97. The fourth-order valence-corrected chi connectivity index (χ4v) is 2.10. The Hall–Kier alpha value is -2.49. The lowest BCUT2D eigenvalue weighted by molar-refractivity contribution is 0.356. The maximum absolute atomic E-state index is 5.66. The summed E-state index contributed by atoms with van der Waals surface area (Å²) in [5.74, 6) is 2.18. The summed E-state index contributed by atoms with van der Waals surface area (Å²) in [6.07, 6.45) is 5.20. The summed E-state index contributed by atoms with van der Waals surface area (Å²) in [7, 11) is 3.24. The van der Waals surface area contributed by atoms with Crippen LogP contribution in [0.3, 0.4) is 0 Å². The van der Waals surface area contributed by atoms with Gasteiger partial charge in [0, 0.05) is 28.7 Å². The minimum Gasteiger partial charge on any atom is -0.493 e. The molecule has 2 aromatic heterocycles. The average Bonchev–Trinajstić information content (AvgIpc) is 2.89. The highest BCUT2D eigenvalue weighted by Gasteiger charge is 2.13. The summed E-state index contributed by atoms with van der Waals surface area (Å²) in [6.45, 7) is 0. The number of rotatable bonds is 3. The Morgan fingerprint density at radius 2 is 1.68 bits per heavy atom. The number of fused-ring (bicyclic) bond motifs is 1. The first kappa shape index (κ1) is 11.6. The third-order valence-corrected chi connectivity index (χ3v) is 3.05. The van der Waals surface area contributed by atoms with Crippen molar-refractivity contribution < 1.29 is 13.9 Å². The van der Waals surface area contributed by atoms with E-state index in [1.807, 2.05) is 24.3 Å². The van der Waals surface area contributed by atoms with Gasteiger partial charge in [0.25, 0.3) is 0 Å². The van der Waals surface area contributed by atoms with Gasteiger partial charge in [-0.1, -0.05) is 0 Å². The Balaban J connectivity index is 2.23. The fourth-order valence-electron chi connectivity index (χ4n) is 2.10. The number of hydrogen-bond donors (Lipinski definition) is 0. The van der Waals surface area contributed by atoms with Crippen LogP contribution in [0.2, 0.25) is 0 Å². The Kier molecular flexibility index (Phi) is 2.83. The van der Waals surface area contributed by atoms with Gasteiger partial charge in [-0.2, -0.15) is 0 Å². The van der Waals surface area contributed by atoms with Crippen molar-refractivity contribution >= 4 is 10.8 Å². The predicted octanol–water partition coefficient (Wildman–Crippen LogP) is 3.51. The number of furan rings is 1. The molecule has 0 amide bonds. The fraction of sp³-hybridized carbons (Fsp3) is 0.133. The molecule has 0 bridgehead atoms. The maximum atomic E-state index is 5.66. The zero-order valence-electron chi connectivity index (χ0n) is 10.7. The highest BCUT2D eigenvalue weighted by atomic mass is 16.5. The quantitative estimate of drug-likeness (QED) is 0.718. The number of nitrogens with zero attached hydrogens (tertiary/aromatic N) is 1. The SMILES string of the molecule is COc1cc2coc(-c3ccncc3)c2cc1OC. The lowest BCUT2D eigenvalue weighted by atomic mass is 10.1. The number of hydrogen-bond acceptors (Lipinski definition) is 4. The molecule has 0 N–H and O–H groups in total. The smallest absolute Gasteiger partial charge is 0.161 e. The maximum Gasteiger partial charge on any atom is 0.161 e. The van der Waals surface area contributed by atoms with Crippen LogP contribution in [0.1, 0.15) is 0 Å². The van der Waals surface area contributed by atoms with E-state index in [0.29, 0.717) is 11.5 Å². The summed E-state index contributed by atoms with van der Waals surface area (Å²) in [5.41, 5.74) is 0.984. The minimum atomic E-state index is 0.687. The van der Waals surface area contributed by atoms with Gasteiger partial charge in [0.2, 0.25) is 0 Å². The van der Waals surface area contributed by atoms with Crippen LogP contribution in [-0.2, 0) is 0 Å².